The third-order valence-corrected chi connectivity index (χ3v) is 2.06. The molecule has 0 saturated carbocycles. The number of aromatic nitrogens is 1. The molecule has 0 unspecified atom stereocenters. The standard InChI is InChI=1S/C8H4ClF6N/c9-1-3-5(10)4(8(13,14)15)2-16-6(3)7(11)12/h2,7H,1H2. The molecule has 8 heteroatoms. The van der Waals surface area contributed by atoms with E-state index in [2.05, 4.69) is 4.98 Å². The lowest BCUT2D eigenvalue weighted by Crippen LogP contribution is -2.13. The predicted octanol–water partition coefficient (Wildman–Crippen LogP) is 3.92. The van der Waals surface area contributed by atoms with Gasteiger partial charge < -0.3 is 0 Å². The van der Waals surface area contributed by atoms with E-state index in [-0.39, 0.29) is 6.20 Å². The second kappa shape index (κ2) is 4.48. The first-order chi connectivity index (χ1) is 7.29. The molecule has 0 atom stereocenters. The topological polar surface area (TPSA) is 12.9 Å². The van der Waals surface area contributed by atoms with Gasteiger partial charge >= 0.3 is 6.18 Å². The van der Waals surface area contributed by atoms with Crippen LogP contribution in [0.4, 0.5) is 26.3 Å². The highest BCUT2D eigenvalue weighted by Crippen LogP contribution is 2.34. The van der Waals surface area contributed by atoms with Gasteiger partial charge in [-0.15, -0.1) is 11.6 Å². The molecule has 0 aliphatic rings. The maximum Gasteiger partial charge on any atom is 0.420 e. The van der Waals surface area contributed by atoms with E-state index in [0.717, 1.165) is 0 Å². The van der Waals surface area contributed by atoms with Crippen molar-refractivity contribution in [2.24, 2.45) is 0 Å². The molecule has 0 aliphatic heterocycles. The minimum absolute atomic E-state index is 0.0346. The van der Waals surface area contributed by atoms with Crippen LogP contribution in [0.25, 0.3) is 0 Å². The average Bonchev–Trinajstić information content (AvgIpc) is 2.14. The fraction of sp³-hybridized carbons (Fsp3) is 0.375. The molecule has 90 valence electrons. The normalized spacial score (nSPS) is 12.2. The molecule has 1 nitrogen and oxygen atoms in total. The van der Waals surface area contributed by atoms with Gasteiger partial charge in [0.2, 0.25) is 0 Å². The first-order valence-corrected chi connectivity index (χ1v) is 4.41. The van der Waals surface area contributed by atoms with E-state index in [1.165, 1.54) is 0 Å². The van der Waals surface area contributed by atoms with Crippen LogP contribution in [-0.2, 0) is 12.1 Å². The first-order valence-electron chi connectivity index (χ1n) is 3.87. The van der Waals surface area contributed by atoms with Gasteiger partial charge in [0.25, 0.3) is 6.43 Å². The zero-order valence-corrected chi connectivity index (χ0v) is 8.21. The average molecular weight is 264 g/mol. The van der Waals surface area contributed by atoms with Crippen molar-refractivity contribution in [3.63, 3.8) is 0 Å². The van der Waals surface area contributed by atoms with Crippen molar-refractivity contribution in [1.29, 1.82) is 0 Å². The van der Waals surface area contributed by atoms with Crippen LogP contribution in [0.3, 0.4) is 0 Å². The van der Waals surface area contributed by atoms with Crippen molar-refractivity contribution in [3.8, 4) is 0 Å². The molecule has 0 bridgehead atoms. The fourth-order valence-corrected chi connectivity index (χ4v) is 1.31. The Kier molecular flexibility index (Phi) is 3.67. The highest BCUT2D eigenvalue weighted by molar-refractivity contribution is 6.17. The zero-order valence-electron chi connectivity index (χ0n) is 7.45. The molecule has 0 spiro atoms. The summed E-state index contributed by atoms with van der Waals surface area (Å²) in [6.07, 6.45) is -8.13. The molecular weight excluding hydrogens is 260 g/mol. The summed E-state index contributed by atoms with van der Waals surface area (Å²) in [5.74, 6) is -2.60. The van der Waals surface area contributed by atoms with Crippen molar-refractivity contribution in [2.45, 2.75) is 18.5 Å². The molecule has 1 aromatic heterocycles. The third-order valence-electron chi connectivity index (χ3n) is 1.79. The van der Waals surface area contributed by atoms with Gasteiger partial charge in [-0.3, -0.25) is 4.98 Å². The summed E-state index contributed by atoms with van der Waals surface area (Å²) in [5, 5.41) is 0. The molecule has 0 radical (unpaired) electrons. The summed E-state index contributed by atoms with van der Waals surface area (Å²) in [6.45, 7) is 0. The van der Waals surface area contributed by atoms with Gasteiger partial charge in [-0.2, -0.15) is 13.2 Å². The number of halogens is 7. The monoisotopic (exact) mass is 263 g/mol. The first kappa shape index (κ1) is 13.1. The zero-order chi connectivity index (χ0) is 12.5. The van der Waals surface area contributed by atoms with Gasteiger partial charge in [0.1, 0.15) is 17.1 Å². The van der Waals surface area contributed by atoms with Crippen molar-refractivity contribution in [3.05, 3.63) is 28.8 Å². The second-order valence-corrected chi connectivity index (χ2v) is 3.05. The predicted molar refractivity (Wildman–Crippen MR) is 43.7 cm³/mol. The van der Waals surface area contributed by atoms with Gasteiger partial charge in [-0.05, 0) is 0 Å². The Morgan fingerprint density at radius 2 is 1.88 bits per heavy atom. The number of pyridine rings is 1. The third kappa shape index (κ3) is 2.40. The van der Waals surface area contributed by atoms with E-state index >= 15 is 0 Å². The molecule has 0 aliphatic carbocycles. The SMILES string of the molecule is Fc1c(C(F)(F)F)cnc(C(F)F)c1CCl. The maximum atomic E-state index is 13.2. The minimum atomic E-state index is -4.99. The molecule has 0 N–H and O–H groups in total. The highest BCUT2D eigenvalue weighted by Gasteiger charge is 2.37. The van der Waals surface area contributed by atoms with Crippen LogP contribution in [0.15, 0.2) is 6.20 Å². The Morgan fingerprint density at radius 3 is 2.25 bits per heavy atom. The number of alkyl halides is 6. The number of rotatable bonds is 2. The Morgan fingerprint density at radius 1 is 1.31 bits per heavy atom. The van der Waals surface area contributed by atoms with E-state index in [1.807, 2.05) is 0 Å². The fourth-order valence-electron chi connectivity index (χ4n) is 1.06. The van der Waals surface area contributed by atoms with Crippen LogP contribution in [0.2, 0.25) is 0 Å². The molecule has 0 saturated heterocycles. The van der Waals surface area contributed by atoms with Crippen LogP contribution < -0.4 is 0 Å². The van der Waals surface area contributed by atoms with Crippen LogP contribution in [0.1, 0.15) is 23.2 Å². The van der Waals surface area contributed by atoms with Gasteiger partial charge in [0.15, 0.2) is 0 Å². The number of hydrogen-bond donors (Lipinski definition) is 0. The summed E-state index contributed by atoms with van der Waals surface area (Å²) in [6, 6.07) is 0. The lowest BCUT2D eigenvalue weighted by molar-refractivity contribution is -0.140. The lowest BCUT2D eigenvalue weighted by atomic mass is 10.1. The molecule has 1 heterocycles. The van der Waals surface area contributed by atoms with Gasteiger partial charge in [-0.1, -0.05) is 0 Å². The molecule has 16 heavy (non-hydrogen) atoms. The summed E-state index contributed by atoms with van der Waals surface area (Å²) in [7, 11) is 0. The number of hydrogen-bond acceptors (Lipinski definition) is 1. The Labute approximate surface area is 91.0 Å². The largest absolute Gasteiger partial charge is 0.420 e. The van der Waals surface area contributed by atoms with E-state index in [4.69, 9.17) is 11.6 Å². The molecule has 0 aromatic carbocycles. The highest BCUT2D eigenvalue weighted by atomic mass is 35.5. The quantitative estimate of drug-likeness (QED) is 0.582. The van der Waals surface area contributed by atoms with Gasteiger partial charge in [0, 0.05) is 11.8 Å². The lowest BCUT2D eigenvalue weighted by Gasteiger charge is -2.12. The Balaban J connectivity index is 3.41. The minimum Gasteiger partial charge on any atom is -0.254 e. The van der Waals surface area contributed by atoms with Crippen LogP contribution >= 0.6 is 11.6 Å². The maximum absolute atomic E-state index is 13.2. The van der Waals surface area contributed by atoms with Crippen LogP contribution in [0.5, 0.6) is 0 Å². The summed E-state index contributed by atoms with van der Waals surface area (Å²) < 4.78 is 74.3. The molecule has 1 aromatic rings. The smallest absolute Gasteiger partial charge is 0.254 e. The van der Waals surface area contributed by atoms with Gasteiger partial charge in [0.05, 0.1) is 5.88 Å². The van der Waals surface area contributed by atoms with Crippen molar-refractivity contribution in [2.75, 3.05) is 0 Å². The van der Waals surface area contributed by atoms with E-state index in [0.29, 0.717) is 0 Å². The summed E-state index contributed by atoms with van der Waals surface area (Å²) in [4.78, 5) is 2.88. The van der Waals surface area contributed by atoms with Crippen molar-refractivity contribution < 1.29 is 26.3 Å². The van der Waals surface area contributed by atoms with Gasteiger partial charge in [-0.25, -0.2) is 13.2 Å². The summed E-state index contributed by atoms with van der Waals surface area (Å²) >= 11 is 5.12. The Hall–Kier alpha value is -0.980. The molecule has 0 fully saturated rings. The van der Waals surface area contributed by atoms with E-state index < -0.39 is 41.1 Å². The summed E-state index contributed by atoms with van der Waals surface area (Å²) in [5.41, 5.74) is -3.69. The number of nitrogens with zero attached hydrogens (tertiary/aromatic N) is 1. The molecular formula is C8H4ClF6N. The molecule has 1 rings (SSSR count). The molecule has 0 amide bonds. The van der Waals surface area contributed by atoms with E-state index in [1.54, 1.807) is 0 Å². The second-order valence-electron chi connectivity index (χ2n) is 2.78. The van der Waals surface area contributed by atoms with Crippen LogP contribution in [-0.4, -0.2) is 4.98 Å². The van der Waals surface area contributed by atoms with Crippen molar-refractivity contribution in [1.82, 2.24) is 4.98 Å². The Bertz CT molecular complexity index is 389. The van der Waals surface area contributed by atoms with E-state index in [9.17, 15) is 26.3 Å². The van der Waals surface area contributed by atoms with Crippen LogP contribution in [0, 0.1) is 5.82 Å². The van der Waals surface area contributed by atoms with Crippen molar-refractivity contribution >= 4 is 11.6 Å².